The van der Waals surface area contributed by atoms with Crippen LogP contribution in [0.15, 0.2) is 53.4 Å². The topological polar surface area (TPSA) is 57.7 Å². The maximum absolute atomic E-state index is 13.8. The second-order valence-electron chi connectivity index (χ2n) is 6.17. The third kappa shape index (κ3) is 4.26. The van der Waals surface area contributed by atoms with Crippen molar-refractivity contribution in [2.24, 2.45) is 0 Å². The van der Waals surface area contributed by atoms with E-state index in [9.17, 15) is 26.4 Å². The largest absolute Gasteiger partial charge is 0.337 e. The van der Waals surface area contributed by atoms with Gasteiger partial charge in [-0.1, -0.05) is 18.2 Å². The van der Waals surface area contributed by atoms with E-state index in [0.29, 0.717) is 5.56 Å². The average molecular weight is 410 g/mol. The molecular weight excluding hydrogens is 393 g/mol. The maximum Gasteiger partial charge on any atom is 0.249 e. The second-order valence-corrected chi connectivity index (χ2v) is 8.04. The standard InChI is InChI=1S/C19H17F3N2O3S/c20-15-7-4-14(5-8-15)6-9-18(25)23-10-12-24(13-11-23)28(26,27)19-16(21)2-1-3-17(19)22/h1-9H,10-13H2/b9-6+. The summed E-state index contributed by atoms with van der Waals surface area (Å²) in [5, 5.41) is 0. The lowest BCUT2D eigenvalue weighted by Gasteiger charge is -2.33. The van der Waals surface area contributed by atoms with E-state index in [1.54, 1.807) is 0 Å². The molecule has 1 aliphatic rings. The highest BCUT2D eigenvalue weighted by molar-refractivity contribution is 7.89. The zero-order valence-corrected chi connectivity index (χ0v) is 15.5. The zero-order valence-electron chi connectivity index (χ0n) is 14.7. The van der Waals surface area contributed by atoms with Gasteiger partial charge in [0, 0.05) is 32.3 Å². The van der Waals surface area contributed by atoms with E-state index < -0.39 is 26.6 Å². The predicted molar refractivity (Wildman–Crippen MR) is 97.1 cm³/mol. The number of carbonyl (C=O) groups excluding carboxylic acids is 1. The SMILES string of the molecule is O=C(/C=C/c1ccc(F)cc1)N1CCN(S(=O)(=O)c2c(F)cccc2F)CC1. The smallest absolute Gasteiger partial charge is 0.249 e. The Morgan fingerprint density at radius 1 is 0.893 bits per heavy atom. The molecule has 1 saturated heterocycles. The molecule has 1 aliphatic heterocycles. The molecule has 0 unspecified atom stereocenters. The summed E-state index contributed by atoms with van der Waals surface area (Å²) in [5.41, 5.74) is 0.644. The fraction of sp³-hybridized carbons (Fsp3) is 0.211. The molecule has 1 heterocycles. The lowest BCUT2D eigenvalue weighted by atomic mass is 10.2. The highest BCUT2D eigenvalue weighted by Gasteiger charge is 2.33. The van der Waals surface area contributed by atoms with Crippen molar-refractivity contribution in [2.75, 3.05) is 26.2 Å². The van der Waals surface area contributed by atoms with Crippen LogP contribution in [0.4, 0.5) is 13.2 Å². The normalized spacial score (nSPS) is 15.9. The fourth-order valence-corrected chi connectivity index (χ4v) is 4.38. The Bertz CT molecular complexity index is 979. The molecule has 0 radical (unpaired) electrons. The van der Waals surface area contributed by atoms with Crippen molar-refractivity contribution in [3.63, 3.8) is 0 Å². The van der Waals surface area contributed by atoms with Gasteiger partial charge in [0.25, 0.3) is 0 Å². The molecule has 28 heavy (non-hydrogen) atoms. The molecule has 3 rings (SSSR count). The molecule has 2 aromatic rings. The van der Waals surface area contributed by atoms with Crippen molar-refractivity contribution in [1.82, 2.24) is 9.21 Å². The Kier molecular flexibility index (Phi) is 5.85. The molecule has 9 heteroatoms. The molecule has 0 atom stereocenters. The molecule has 5 nitrogen and oxygen atoms in total. The molecule has 0 spiro atoms. The minimum absolute atomic E-state index is 0.0771. The summed E-state index contributed by atoms with van der Waals surface area (Å²) in [6.07, 6.45) is 2.84. The lowest BCUT2D eigenvalue weighted by molar-refractivity contribution is -0.127. The van der Waals surface area contributed by atoms with Crippen LogP contribution in [0.25, 0.3) is 6.08 Å². The lowest BCUT2D eigenvalue weighted by Crippen LogP contribution is -2.50. The number of halogens is 3. The third-order valence-electron chi connectivity index (χ3n) is 4.36. The Labute approximate surface area is 160 Å². The molecule has 1 fully saturated rings. The van der Waals surface area contributed by atoms with Crippen molar-refractivity contribution >= 4 is 22.0 Å². The maximum atomic E-state index is 13.8. The van der Waals surface area contributed by atoms with Crippen molar-refractivity contribution in [1.29, 1.82) is 0 Å². The van der Waals surface area contributed by atoms with Crippen molar-refractivity contribution in [2.45, 2.75) is 4.90 Å². The van der Waals surface area contributed by atoms with Crippen molar-refractivity contribution in [3.8, 4) is 0 Å². The second kappa shape index (κ2) is 8.15. The fourth-order valence-electron chi connectivity index (χ4n) is 2.85. The van der Waals surface area contributed by atoms with Gasteiger partial charge in [-0.2, -0.15) is 4.31 Å². The molecular formula is C19H17F3N2O3S. The number of amides is 1. The third-order valence-corrected chi connectivity index (χ3v) is 6.31. The summed E-state index contributed by atoms with van der Waals surface area (Å²) in [4.78, 5) is 12.7. The van der Waals surface area contributed by atoms with E-state index in [1.165, 1.54) is 41.3 Å². The predicted octanol–water partition coefficient (Wildman–Crippen LogP) is 2.65. The van der Waals surface area contributed by atoms with E-state index in [4.69, 9.17) is 0 Å². The van der Waals surface area contributed by atoms with Crippen LogP contribution in [-0.4, -0.2) is 49.7 Å². The number of hydrogen-bond acceptors (Lipinski definition) is 3. The van der Waals surface area contributed by atoms with Crippen LogP contribution < -0.4 is 0 Å². The van der Waals surface area contributed by atoms with Crippen LogP contribution in [0.5, 0.6) is 0 Å². The van der Waals surface area contributed by atoms with E-state index >= 15 is 0 Å². The molecule has 0 bridgehead atoms. The molecule has 148 valence electrons. The van der Waals surface area contributed by atoms with E-state index in [-0.39, 0.29) is 37.9 Å². The van der Waals surface area contributed by atoms with Gasteiger partial charge in [-0.15, -0.1) is 0 Å². The zero-order chi connectivity index (χ0) is 20.3. The van der Waals surface area contributed by atoms with Gasteiger partial charge in [-0.05, 0) is 35.9 Å². The van der Waals surface area contributed by atoms with Crippen LogP contribution in [-0.2, 0) is 14.8 Å². The van der Waals surface area contributed by atoms with Crippen molar-refractivity contribution < 1.29 is 26.4 Å². The van der Waals surface area contributed by atoms with Gasteiger partial charge in [0.05, 0.1) is 0 Å². The average Bonchev–Trinajstić information content (AvgIpc) is 2.67. The number of carbonyl (C=O) groups is 1. The van der Waals surface area contributed by atoms with Crippen LogP contribution >= 0.6 is 0 Å². The number of piperazine rings is 1. The Hall–Kier alpha value is -2.65. The van der Waals surface area contributed by atoms with E-state index in [2.05, 4.69) is 0 Å². The minimum Gasteiger partial charge on any atom is -0.337 e. The summed E-state index contributed by atoms with van der Waals surface area (Å²) in [5.74, 6) is -3.02. The highest BCUT2D eigenvalue weighted by Crippen LogP contribution is 2.23. The number of sulfonamides is 1. The number of rotatable bonds is 4. The van der Waals surface area contributed by atoms with Gasteiger partial charge in [0.15, 0.2) is 4.90 Å². The van der Waals surface area contributed by atoms with E-state index in [1.807, 2.05) is 0 Å². The number of hydrogen-bond donors (Lipinski definition) is 0. The van der Waals surface area contributed by atoms with Gasteiger partial charge < -0.3 is 4.90 Å². The summed E-state index contributed by atoms with van der Waals surface area (Å²) < 4.78 is 66.6. The summed E-state index contributed by atoms with van der Waals surface area (Å²) in [7, 11) is -4.34. The van der Waals surface area contributed by atoms with Crippen LogP contribution in [0.3, 0.4) is 0 Å². The monoisotopic (exact) mass is 410 g/mol. The van der Waals surface area contributed by atoms with Gasteiger partial charge in [0.2, 0.25) is 15.9 Å². The van der Waals surface area contributed by atoms with Crippen LogP contribution in [0.1, 0.15) is 5.56 Å². The summed E-state index contributed by atoms with van der Waals surface area (Å²) >= 11 is 0. The first-order chi connectivity index (χ1) is 13.3. The van der Waals surface area contributed by atoms with Gasteiger partial charge >= 0.3 is 0 Å². The van der Waals surface area contributed by atoms with Crippen LogP contribution in [0, 0.1) is 17.5 Å². The first-order valence-corrected chi connectivity index (χ1v) is 9.90. The first-order valence-electron chi connectivity index (χ1n) is 8.46. The summed E-state index contributed by atoms with van der Waals surface area (Å²) in [6.45, 7) is 0.0161. The molecule has 0 saturated carbocycles. The quantitative estimate of drug-likeness (QED) is 0.729. The minimum atomic E-state index is -4.34. The van der Waals surface area contributed by atoms with Gasteiger partial charge in [-0.3, -0.25) is 4.79 Å². The van der Waals surface area contributed by atoms with E-state index in [0.717, 1.165) is 22.5 Å². The van der Waals surface area contributed by atoms with Crippen molar-refractivity contribution in [3.05, 3.63) is 71.6 Å². The van der Waals surface area contributed by atoms with Gasteiger partial charge in [-0.25, -0.2) is 21.6 Å². The van der Waals surface area contributed by atoms with Crippen LogP contribution in [0.2, 0.25) is 0 Å². The highest BCUT2D eigenvalue weighted by atomic mass is 32.2. The Morgan fingerprint density at radius 3 is 2.04 bits per heavy atom. The molecule has 0 aromatic heterocycles. The van der Waals surface area contributed by atoms with Gasteiger partial charge in [0.1, 0.15) is 17.5 Å². The number of nitrogens with zero attached hydrogens (tertiary/aromatic N) is 2. The first kappa shape index (κ1) is 20.1. The molecule has 1 amide bonds. The summed E-state index contributed by atoms with van der Waals surface area (Å²) in [6, 6.07) is 8.45. The molecule has 0 N–H and O–H groups in total. The Morgan fingerprint density at radius 2 is 1.46 bits per heavy atom. The number of benzene rings is 2. The molecule has 0 aliphatic carbocycles. The molecule has 2 aromatic carbocycles. The Balaban J connectivity index is 1.65.